The lowest BCUT2D eigenvalue weighted by atomic mass is 10.2. The summed E-state index contributed by atoms with van der Waals surface area (Å²) in [5, 5.41) is 8.10. The third-order valence-corrected chi connectivity index (χ3v) is 2.66. The monoisotopic (exact) mass is 235 g/mol. The second kappa shape index (κ2) is 5.53. The highest BCUT2D eigenvalue weighted by Crippen LogP contribution is 2.15. The summed E-state index contributed by atoms with van der Waals surface area (Å²) in [5.74, 6) is 5.86. The SMILES string of the molecule is CCCCCCn1nnc2c(NN)ncnc21. The minimum absolute atomic E-state index is 0.509. The first-order chi connectivity index (χ1) is 8.36. The molecule has 0 aliphatic rings. The zero-order valence-corrected chi connectivity index (χ0v) is 9.93. The van der Waals surface area contributed by atoms with Gasteiger partial charge in [-0.3, -0.25) is 0 Å². The standard InChI is InChI=1S/C10H17N7/c1-2-3-4-5-6-17-10-8(15-16-17)9(14-11)12-7-13-10/h7H,2-6,11H2,1H3,(H,12,13,14). The van der Waals surface area contributed by atoms with Crippen molar-refractivity contribution in [1.29, 1.82) is 0 Å². The lowest BCUT2D eigenvalue weighted by Gasteiger charge is -2.01. The Morgan fingerprint density at radius 1 is 1.29 bits per heavy atom. The van der Waals surface area contributed by atoms with E-state index in [4.69, 9.17) is 5.84 Å². The molecular weight excluding hydrogens is 218 g/mol. The summed E-state index contributed by atoms with van der Waals surface area (Å²) in [6.07, 6.45) is 6.22. The fraction of sp³-hybridized carbons (Fsp3) is 0.600. The normalized spacial score (nSPS) is 10.9. The van der Waals surface area contributed by atoms with Crippen molar-refractivity contribution < 1.29 is 0 Å². The average Bonchev–Trinajstić information content (AvgIpc) is 2.78. The number of fused-ring (bicyclic) bond motifs is 1. The Morgan fingerprint density at radius 3 is 2.94 bits per heavy atom. The molecule has 0 aliphatic carbocycles. The lowest BCUT2D eigenvalue weighted by molar-refractivity contribution is 0.536. The van der Waals surface area contributed by atoms with E-state index in [2.05, 4.69) is 32.6 Å². The first kappa shape index (κ1) is 11.7. The molecular formula is C10H17N7. The van der Waals surface area contributed by atoms with Crippen LogP contribution in [0.1, 0.15) is 32.6 Å². The minimum Gasteiger partial charge on any atom is -0.306 e. The smallest absolute Gasteiger partial charge is 0.183 e. The molecule has 0 unspecified atom stereocenters. The molecule has 7 nitrogen and oxygen atoms in total. The molecule has 92 valence electrons. The van der Waals surface area contributed by atoms with Crippen LogP contribution in [0.25, 0.3) is 11.2 Å². The summed E-state index contributed by atoms with van der Waals surface area (Å²) in [6.45, 7) is 3.02. The molecule has 7 heteroatoms. The molecule has 2 aromatic heterocycles. The Bertz CT molecular complexity index is 478. The number of rotatable bonds is 6. The molecule has 0 aromatic carbocycles. The molecule has 0 fully saturated rings. The fourth-order valence-electron chi connectivity index (χ4n) is 1.74. The van der Waals surface area contributed by atoms with Gasteiger partial charge in [0, 0.05) is 6.54 Å². The molecule has 0 bridgehead atoms. The zero-order chi connectivity index (χ0) is 12.1. The number of unbranched alkanes of at least 4 members (excludes halogenated alkanes) is 3. The van der Waals surface area contributed by atoms with Gasteiger partial charge in [0.15, 0.2) is 17.0 Å². The van der Waals surface area contributed by atoms with Gasteiger partial charge >= 0.3 is 0 Å². The second-order valence-electron chi connectivity index (χ2n) is 3.91. The maximum Gasteiger partial charge on any atom is 0.183 e. The third kappa shape index (κ3) is 2.50. The van der Waals surface area contributed by atoms with E-state index >= 15 is 0 Å². The number of hydrazine groups is 1. The van der Waals surface area contributed by atoms with Crippen molar-refractivity contribution in [2.24, 2.45) is 5.84 Å². The van der Waals surface area contributed by atoms with Crippen LogP contribution in [-0.4, -0.2) is 25.0 Å². The summed E-state index contributed by atoms with van der Waals surface area (Å²) in [4.78, 5) is 8.17. The number of nitrogen functional groups attached to an aromatic ring is 1. The van der Waals surface area contributed by atoms with Crippen molar-refractivity contribution in [3.63, 3.8) is 0 Å². The summed E-state index contributed by atoms with van der Waals surface area (Å²) in [5.41, 5.74) is 3.84. The predicted octanol–water partition coefficient (Wildman–Crippen LogP) is 1.09. The van der Waals surface area contributed by atoms with Crippen molar-refractivity contribution >= 4 is 17.0 Å². The third-order valence-electron chi connectivity index (χ3n) is 2.66. The highest BCUT2D eigenvalue weighted by Gasteiger charge is 2.09. The van der Waals surface area contributed by atoms with Gasteiger partial charge < -0.3 is 5.43 Å². The first-order valence-corrected chi connectivity index (χ1v) is 5.87. The summed E-state index contributed by atoms with van der Waals surface area (Å²) in [6, 6.07) is 0. The van der Waals surface area contributed by atoms with Gasteiger partial charge in [-0.1, -0.05) is 31.4 Å². The van der Waals surface area contributed by atoms with E-state index in [1.807, 2.05) is 0 Å². The van der Waals surface area contributed by atoms with Gasteiger partial charge in [-0.25, -0.2) is 20.5 Å². The summed E-state index contributed by atoms with van der Waals surface area (Å²) < 4.78 is 1.80. The van der Waals surface area contributed by atoms with Crippen LogP contribution in [0.3, 0.4) is 0 Å². The Hall–Kier alpha value is -1.76. The van der Waals surface area contributed by atoms with Crippen molar-refractivity contribution in [3.05, 3.63) is 6.33 Å². The Morgan fingerprint density at radius 2 is 2.18 bits per heavy atom. The van der Waals surface area contributed by atoms with Gasteiger partial charge in [0.1, 0.15) is 6.33 Å². The Balaban J connectivity index is 2.13. The highest BCUT2D eigenvalue weighted by molar-refractivity contribution is 5.81. The van der Waals surface area contributed by atoms with Crippen LogP contribution in [0.15, 0.2) is 6.33 Å². The van der Waals surface area contributed by atoms with Crippen LogP contribution in [0.5, 0.6) is 0 Å². The number of anilines is 1. The minimum atomic E-state index is 0.509. The maximum absolute atomic E-state index is 5.35. The molecule has 2 aromatic rings. The molecule has 0 radical (unpaired) electrons. The second-order valence-corrected chi connectivity index (χ2v) is 3.91. The van der Waals surface area contributed by atoms with Crippen LogP contribution < -0.4 is 11.3 Å². The number of nitrogens with zero attached hydrogens (tertiary/aromatic N) is 5. The first-order valence-electron chi connectivity index (χ1n) is 5.87. The van der Waals surface area contributed by atoms with Crippen LogP contribution in [0.4, 0.5) is 5.82 Å². The van der Waals surface area contributed by atoms with Crippen molar-refractivity contribution in [2.75, 3.05) is 5.43 Å². The number of aryl methyl sites for hydroxylation is 1. The van der Waals surface area contributed by atoms with Gasteiger partial charge in [0.2, 0.25) is 0 Å². The molecule has 17 heavy (non-hydrogen) atoms. The maximum atomic E-state index is 5.35. The highest BCUT2D eigenvalue weighted by atomic mass is 15.4. The van der Waals surface area contributed by atoms with Crippen molar-refractivity contribution in [1.82, 2.24) is 25.0 Å². The van der Waals surface area contributed by atoms with E-state index in [9.17, 15) is 0 Å². The molecule has 2 rings (SSSR count). The van der Waals surface area contributed by atoms with E-state index < -0.39 is 0 Å². The Labute approximate surface area is 99.4 Å². The average molecular weight is 235 g/mol. The fourth-order valence-corrected chi connectivity index (χ4v) is 1.74. The molecule has 0 aliphatic heterocycles. The Kier molecular flexibility index (Phi) is 3.81. The quantitative estimate of drug-likeness (QED) is 0.442. The number of nitrogens with two attached hydrogens (primary N) is 1. The summed E-state index contributed by atoms with van der Waals surface area (Å²) in [7, 11) is 0. The van der Waals surface area contributed by atoms with Gasteiger partial charge in [0.05, 0.1) is 0 Å². The summed E-state index contributed by atoms with van der Waals surface area (Å²) >= 11 is 0. The van der Waals surface area contributed by atoms with Crippen LogP contribution >= 0.6 is 0 Å². The lowest BCUT2D eigenvalue weighted by Crippen LogP contribution is -2.09. The molecule has 0 atom stereocenters. The molecule has 2 heterocycles. The number of aromatic nitrogens is 5. The largest absolute Gasteiger partial charge is 0.306 e. The number of hydrogen-bond acceptors (Lipinski definition) is 6. The van der Waals surface area contributed by atoms with Gasteiger partial charge in [-0.2, -0.15) is 0 Å². The predicted molar refractivity (Wildman–Crippen MR) is 65.1 cm³/mol. The molecule has 0 saturated carbocycles. The molecule has 0 spiro atoms. The molecule has 0 amide bonds. The molecule has 3 N–H and O–H groups in total. The van der Waals surface area contributed by atoms with Crippen molar-refractivity contribution in [2.45, 2.75) is 39.2 Å². The van der Waals surface area contributed by atoms with Crippen molar-refractivity contribution in [3.8, 4) is 0 Å². The van der Waals surface area contributed by atoms with Crippen LogP contribution in [0.2, 0.25) is 0 Å². The van der Waals surface area contributed by atoms with Gasteiger partial charge in [0.25, 0.3) is 0 Å². The van der Waals surface area contributed by atoms with E-state index in [0.717, 1.165) is 18.6 Å². The van der Waals surface area contributed by atoms with Crippen LogP contribution in [-0.2, 0) is 6.54 Å². The number of nitrogens with one attached hydrogen (secondary N) is 1. The van der Waals surface area contributed by atoms with Gasteiger partial charge in [-0.05, 0) is 6.42 Å². The number of hydrogen-bond donors (Lipinski definition) is 2. The van der Waals surface area contributed by atoms with Crippen LogP contribution in [0, 0.1) is 0 Å². The van der Waals surface area contributed by atoms with E-state index in [1.54, 1.807) is 4.68 Å². The molecule has 0 saturated heterocycles. The van der Waals surface area contributed by atoms with E-state index in [0.29, 0.717) is 11.3 Å². The van der Waals surface area contributed by atoms with E-state index in [1.165, 1.54) is 25.6 Å². The zero-order valence-electron chi connectivity index (χ0n) is 9.93. The van der Waals surface area contributed by atoms with Gasteiger partial charge in [-0.15, -0.1) is 5.10 Å². The topological polar surface area (TPSA) is 94.5 Å². The van der Waals surface area contributed by atoms with E-state index in [-0.39, 0.29) is 0 Å².